The first-order valence-corrected chi connectivity index (χ1v) is 5.48. The molecule has 0 heterocycles. The van der Waals surface area contributed by atoms with Gasteiger partial charge in [-0.15, -0.1) is 0 Å². The zero-order valence-electron chi connectivity index (χ0n) is 8.47. The fraction of sp³-hybridized carbons (Fsp3) is 0.538. The van der Waals surface area contributed by atoms with Gasteiger partial charge in [-0.05, 0) is 49.7 Å². The van der Waals surface area contributed by atoms with Gasteiger partial charge in [0.05, 0.1) is 0 Å². The van der Waals surface area contributed by atoms with Gasteiger partial charge in [-0.25, -0.2) is 0 Å². The molecule has 0 fully saturated rings. The van der Waals surface area contributed by atoms with Crippen molar-refractivity contribution in [3.8, 4) is 0 Å². The fourth-order valence-electron chi connectivity index (χ4n) is 2.44. The molecule has 2 aliphatic carbocycles. The van der Waals surface area contributed by atoms with Crippen molar-refractivity contribution in [3.63, 3.8) is 0 Å². The summed E-state index contributed by atoms with van der Waals surface area (Å²) in [5, 5.41) is 0. The zero-order valence-corrected chi connectivity index (χ0v) is 8.47. The van der Waals surface area contributed by atoms with Gasteiger partial charge in [0.25, 0.3) is 0 Å². The van der Waals surface area contributed by atoms with Crippen LogP contribution in [0.25, 0.3) is 0 Å². The summed E-state index contributed by atoms with van der Waals surface area (Å²) in [5.41, 5.74) is 5.05. The average Bonchev–Trinajstić information content (AvgIpc) is 2.67. The van der Waals surface area contributed by atoms with Gasteiger partial charge in [-0.3, -0.25) is 0 Å². The maximum atomic E-state index is 2.32. The van der Waals surface area contributed by atoms with E-state index in [2.05, 4.69) is 25.2 Å². The lowest BCUT2D eigenvalue weighted by molar-refractivity contribution is 0.868. The summed E-state index contributed by atoms with van der Waals surface area (Å²) in [6, 6.07) is 0. The van der Waals surface area contributed by atoms with Crippen molar-refractivity contribution in [2.24, 2.45) is 0 Å². The van der Waals surface area contributed by atoms with Crippen LogP contribution in [0.3, 0.4) is 0 Å². The van der Waals surface area contributed by atoms with Crippen molar-refractivity contribution in [1.82, 2.24) is 0 Å². The smallest absolute Gasteiger partial charge is 0.0241 e. The summed E-state index contributed by atoms with van der Waals surface area (Å²) in [6.45, 7) is 2.29. The summed E-state index contributed by atoms with van der Waals surface area (Å²) in [6.07, 6.45) is 14.7. The van der Waals surface area contributed by atoms with Crippen LogP contribution in [-0.2, 0) is 0 Å². The van der Waals surface area contributed by atoms with Gasteiger partial charge >= 0.3 is 0 Å². The first-order valence-electron chi connectivity index (χ1n) is 5.48. The molecule has 0 N–H and O–H groups in total. The molecule has 13 heavy (non-hydrogen) atoms. The van der Waals surface area contributed by atoms with E-state index in [0.717, 1.165) is 0 Å². The minimum Gasteiger partial charge on any atom is -0.0842 e. The van der Waals surface area contributed by atoms with Crippen LogP contribution in [0, 0.1) is 0 Å². The molecule has 2 aliphatic rings. The number of hydrogen-bond donors (Lipinski definition) is 0. The Bertz CT molecular complexity index is 276. The van der Waals surface area contributed by atoms with E-state index in [1.807, 2.05) is 0 Å². The van der Waals surface area contributed by atoms with Crippen LogP contribution in [0.5, 0.6) is 0 Å². The van der Waals surface area contributed by atoms with Crippen molar-refractivity contribution < 1.29 is 0 Å². The molecule has 0 aromatic carbocycles. The number of hydrogen-bond acceptors (Lipinski definition) is 0. The van der Waals surface area contributed by atoms with Crippen LogP contribution in [0.1, 0.15) is 45.4 Å². The van der Waals surface area contributed by atoms with Gasteiger partial charge in [0.1, 0.15) is 0 Å². The van der Waals surface area contributed by atoms with E-state index in [0.29, 0.717) is 0 Å². The van der Waals surface area contributed by atoms with E-state index < -0.39 is 0 Å². The Labute approximate surface area is 81.0 Å². The third-order valence-corrected chi connectivity index (χ3v) is 3.16. The van der Waals surface area contributed by atoms with Gasteiger partial charge in [0, 0.05) is 0 Å². The second-order valence-electron chi connectivity index (χ2n) is 3.95. The van der Waals surface area contributed by atoms with Gasteiger partial charge in [-0.2, -0.15) is 0 Å². The third-order valence-electron chi connectivity index (χ3n) is 3.16. The van der Waals surface area contributed by atoms with Crippen molar-refractivity contribution in [3.05, 3.63) is 34.9 Å². The van der Waals surface area contributed by atoms with Crippen molar-refractivity contribution >= 4 is 0 Å². The van der Waals surface area contributed by atoms with Crippen molar-refractivity contribution in [2.45, 2.75) is 45.4 Å². The second-order valence-corrected chi connectivity index (χ2v) is 3.95. The molecule has 2 rings (SSSR count). The van der Waals surface area contributed by atoms with Crippen molar-refractivity contribution in [1.29, 1.82) is 0 Å². The minimum atomic E-state index is 1.24. The van der Waals surface area contributed by atoms with Gasteiger partial charge in [0.15, 0.2) is 0 Å². The molecule has 0 atom stereocenters. The average molecular weight is 174 g/mol. The summed E-state index contributed by atoms with van der Waals surface area (Å²) in [5.74, 6) is 0. The molecule has 0 unspecified atom stereocenters. The van der Waals surface area contributed by atoms with E-state index in [1.165, 1.54) is 38.5 Å². The van der Waals surface area contributed by atoms with Gasteiger partial charge in [0.2, 0.25) is 0 Å². The molecule has 0 saturated heterocycles. The molecule has 70 valence electrons. The Hall–Kier alpha value is -0.780. The van der Waals surface area contributed by atoms with Gasteiger partial charge < -0.3 is 0 Å². The minimum absolute atomic E-state index is 1.24. The predicted octanol–water partition coefficient (Wildman–Crippen LogP) is 4.15. The molecule has 0 aliphatic heterocycles. The number of rotatable bonds is 2. The standard InChI is InChI=1S/C13H18/c1-2-11-9-6-10-13(11)12-7-4-3-5-8-12/h3-4,7H,2,5-6,8-10H2,1H3. The molecule has 0 spiro atoms. The van der Waals surface area contributed by atoms with E-state index in [9.17, 15) is 0 Å². The summed E-state index contributed by atoms with van der Waals surface area (Å²) in [7, 11) is 0. The Balaban J connectivity index is 2.23. The van der Waals surface area contributed by atoms with Crippen LogP contribution in [0.15, 0.2) is 34.9 Å². The molecule has 0 aromatic heterocycles. The Morgan fingerprint density at radius 1 is 1.23 bits per heavy atom. The highest BCUT2D eigenvalue weighted by Crippen LogP contribution is 2.35. The highest BCUT2D eigenvalue weighted by molar-refractivity contribution is 5.41. The molecule has 0 saturated carbocycles. The Morgan fingerprint density at radius 2 is 2.15 bits per heavy atom. The first-order chi connectivity index (χ1) is 6.42. The normalized spacial score (nSPS) is 22.4. The van der Waals surface area contributed by atoms with E-state index >= 15 is 0 Å². The lowest BCUT2D eigenvalue weighted by atomic mass is 9.94. The fourth-order valence-corrected chi connectivity index (χ4v) is 2.44. The maximum Gasteiger partial charge on any atom is -0.0241 e. The molecule has 0 aromatic rings. The van der Waals surface area contributed by atoms with Crippen LogP contribution < -0.4 is 0 Å². The molecule has 0 bridgehead atoms. The summed E-state index contributed by atoms with van der Waals surface area (Å²) in [4.78, 5) is 0. The Morgan fingerprint density at radius 3 is 2.85 bits per heavy atom. The lowest BCUT2D eigenvalue weighted by Gasteiger charge is -2.12. The van der Waals surface area contributed by atoms with Crippen molar-refractivity contribution in [2.75, 3.05) is 0 Å². The van der Waals surface area contributed by atoms with Gasteiger partial charge in [-0.1, -0.05) is 30.7 Å². The van der Waals surface area contributed by atoms with Crippen LogP contribution in [0.4, 0.5) is 0 Å². The predicted molar refractivity (Wildman–Crippen MR) is 57.6 cm³/mol. The van der Waals surface area contributed by atoms with Crippen LogP contribution in [-0.4, -0.2) is 0 Å². The summed E-state index contributed by atoms with van der Waals surface area (Å²) >= 11 is 0. The monoisotopic (exact) mass is 174 g/mol. The lowest BCUT2D eigenvalue weighted by Crippen LogP contribution is -1.92. The molecular weight excluding hydrogens is 156 g/mol. The highest BCUT2D eigenvalue weighted by atomic mass is 14.2. The summed E-state index contributed by atoms with van der Waals surface area (Å²) < 4.78 is 0. The van der Waals surface area contributed by atoms with Crippen LogP contribution >= 0.6 is 0 Å². The molecule has 0 heteroatoms. The largest absolute Gasteiger partial charge is 0.0842 e. The molecule has 0 radical (unpaired) electrons. The Kier molecular flexibility index (Phi) is 2.68. The van der Waals surface area contributed by atoms with Crippen LogP contribution in [0.2, 0.25) is 0 Å². The second kappa shape index (κ2) is 3.95. The zero-order chi connectivity index (χ0) is 9.10. The maximum absolute atomic E-state index is 2.32. The van der Waals surface area contributed by atoms with E-state index in [-0.39, 0.29) is 0 Å². The van der Waals surface area contributed by atoms with E-state index in [4.69, 9.17) is 0 Å². The van der Waals surface area contributed by atoms with E-state index in [1.54, 1.807) is 16.7 Å². The molecule has 0 amide bonds. The third kappa shape index (κ3) is 1.77. The molecular formula is C13H18. The highest BCUT2D eigenvalue weighted by Gasteiger charge is 2.16. The molecule has 0 nitrogen and oxygen atoms in total. The first kappa shape index (κ1) is 8.80. The topological polar surface area (TPSA) is 0 Å². The number of allylic oxidation sites excluding steroid dienone is 6. The SMILES string of the molecule is CCC1=C(C2=CC=CCC2)CCC1. The quantitative estimate of drug-likeness (QED) is 0.590.